The summed E-state index contributed by atoms with van der Waals surface area (Å²) in [7, 11) is 0. The largest absolute Gasteiger partial charge is 0.309 e. The third kappa shape index (κ3) is 5.30. The second kappa shape index (κ2) is 11.9. The lowest BCUT2D eigenvalue weighted by Crippen LogP contribution is -1.95. The molecule has 0 aliphatic rings. The Balaban J connectivity index is 1.17. The summed E-state index contributed by atoms with van der Waals surface area (Å²) in [4.78, 5) is 5.03. The lowest BCUT2D eigenvalue weighted by Gasteiger charge is -2.10. The zero-order chi connectivity index (χ0) is 29.9. The molecule has 44 heavy (non-hydrogen) atoms. The molecule has 0 amide bonds. The van der Waals surface area contributed by atoms with E-state index in [1.165, 1.54) is 32.9 Å². The summed E-state index contributed by atoms with van der Waals surface area (Å²) in [6.07, 6.45) is 2.08. The van der Waals surface area contributed by atoms with E-state index in [1.54, 1.807) is 0 Å². The van der Waals surface area contributed by atoms with Gasteiger partial charge in [-0.15, -0.1) is 0 Å². The number of allylic oxidation sites excluding steroid dienone is 2. The summed E-state index contributed by atoms with van der Waals surface area (Å²) in [5.74, 6) is 0. The van der Waals surface area contributed by atoms with Crippen molar-refractivity contribution in [2.45, 2.75) is 6.92 Å². The van der Waals surface area contributed by atoms with Crippen LogP contribution < -0.4 is 0 Å². The highest BCUT2D eigenvalue weighted by Crippen LogP contribution is 2.33. The molecule has 0 saturated carbocycles. The first-order valence-electron chi connectivity index (χ1n) is 14.9. The van der Waals surface area contributed by atoms with Crippen molar-refractivity contribution in [3.63, 3.8) is 0 Å². The number of aliphatic imine (C=N–C) groups is 1. The van der Waals surface area contributed by atoms with Crippen LogP contribution in [0.15, 0.2) is 175 Å². The molecule has 0 unspecified atom stereocenters. The van der Waals surface area contributed by atoms with Gasteiger partial charge in [0.05, 0.1) is 16.7 Å². The van der Waals surface area contributed by atoms with E-state index in [0.29, 0.717) is 0 Å². The predicted molar refractivity (Wildman–Crippen MR) is 188 cm³/mol. The Morgan fingerprint density at radius 2 is 1.00 bits per heavy atom. The molecule has 0 aliphatic carbocycles. The van der Waals surface area contributed by atoms with Crippen LogP contribution in [0.1, 0.15) is 23.6 Å². The summed E-state index contributed by atoms with van der Waals surface area (Å²) in [6.45, 7) is 6.47. The average Bonchev–Trinajstić information content (AvgIpc) is 3.43. The van der Waals surface area contributed by atoms with E-state index >= 15 is 0 Å². The standard InChI is InChI=1S/C42H32N2/c1-30(29-40(36-15-7-4-8-16-36)43-31(2)33-13-5-3-6-14-33)32-21-23-34(24-22-32)35-25-27-37(28-26-35)44-41-19-11-9-17-38(41)39-18-10-12-20-42(39)44/h3-29H,1H2,2H3/b40-29-,43-31+. The van der Waals surface area contributed by atoms with E-state index in [2.05, 4.69) is 145 Å². The monoisotopic (exact) mass is 564 g/mol. The van der Waals surface area contributed by atoms with Crippen LogP contribution in [0, 0.1) is 0 Å². The molecule has 0 aliphatic heterocycles. The Hall–Kier alpha value is -5.73. The van der Waals surface area contributed by atoms with Gasteiger partial charge in [-0.1, -0.05) is 140 Å². The van der Waals surface area contributed by atoms with Crippen LogP contribution in [0.5, 0.6) is 0 Å². The highest BCUT2D eigenvalue weighted by Gasteiger charge is 2.11. The first kappa shape index (κ1) is 27.1. The molecule has 0 atom stereocenters. The molecule has 0 saturated heterocycles. The minimum Gasteiger partial charge on any atom is -0.309 e. The second-order valence-electron chi connectivity index (χ2n) is 11.0. The zero-order valence-corrected chi connectivity index (χ0v) is 24.7. The molecule has 2 heteroatoms. The number of fused-ring (bicyclic) bond motifs is 3. The smallest absolute Gasteiger partial charge is 0.0711 e. The van der Waals surface area contributed by atoms with Crippen LogP contribution >= 0.6 is 0 Å². The molecule has 210 valence electrons. The Bertz CT molecular complexity index is 2090. The van der Waals surface area contributed by atoms with Crippen LogP contribution in [-0.2, 0) is 0 Å². The summed E-state index contributed by atoms with van der Waals surface area (Å²) in [6, 6.07) is 55.3. The fraction of sp³-hybridized carbons (Fsp3) is 0.0238. The highest BCUT2D eigenvalue weighted by molar-refractivity contribution is 6.09. The van der Waals surface area contributed by atoms with Gasteiger partial charge in [0.15, 0.2) is 0 Å². The van der Waals surface area contributed by atoms with Crippen LogP contribution in [0.4, 0.5) is 0 Å². The maximum absolute atomic E-state index is 5.03. The quantitative estimate of drug-likeness (QED) is 0.135. The average molecular weight is 565 g/mol. The molecular formula is C42H32N2. The summed E-state index contributed by atoms with van der Waals surface area (Å²) in [5.41, 5.74) is 11.9. The van der Waals surface area contributed by atoms with Gasteiger partial charge in [-0.05, 0) is 65.1 Å². The first-order valence-corrected chi connectivity index (χ1v) is 14.9. The minimum absolute atomic E-state index is 0.890. The van der Waals surface area contributed by atoms with Crippen molar-refractivity contribution < 1.29 is 0 Å². The van der Waals surface area contributed by atoms with Gasteiger partial charge in [-0.25, -0.2) is 0 Å². The van der Waals surface area contributed by atoms with E-state index in [1.807, 2.05) is 36.4 Å². The van der Waals surface area contributed by atoms with Gasteiger partial charge in [0, 0.05) is 27.7 Å². The molecule has 2 nitrogen and oxygen atoms in total. The molecule has 1 aromatic heterocycles. The number of para-hydroxylation sites is 2. The molecule has 0 N–H and O–H groups in total. The van der Waals surface area contributed by atoms with Crippen molar-refractivity contribution in [1.29, 1.82) is 0 Å². The van der Waals surface area contributed by atoms with Crippen LogP contribution in [0.3, 0.4) is 0 Å². The number of hydrogen-bond donors (Lipinski definition) is 0. The van der Waals surface area contributed by atoms with Crippen molar-refractivity contribution in [2.24, 2.45) is 4.99 Å². The summed E-state index contributed by atoms with van der Waals surface area (Å²) >= 11 is 0. The van der Waals surface area contributed by atoms with Crippen molar-refractivity contribution >= 4 is 38.8 Å². The fourth-order valence-electron chi connectivity index (χ4n) is 5.84. The molecular weight excluding hydrogens is 532 g/mol. The minimum atomic E-state index is 0.890. The summed E-state index contributed by atoms with van der Waals surface area (Å²) in [5, 5.41) is 2.54. The number of rotatable bonds is 7. The van der Waals surface area contributed by atoms with Crippen LogP contribution in [-0.4, -0.2) is 10.3 Å². The van der Waals surface area contributed by atoms with E-state index in [-0.39, 0.29) is 0 Å². The SMILES string of the molecule is C=C(/C=C(\N=C(/C)c1ccccc1)c1ccccc1)c1ccc(-c2ccc(-n3c4ccccc4c4ccccc43)cc2)cc1. The van der Waals surface area contributed by atoms with Gasteiger partial charge in [-0.3, -0.25) is 4.99 Å². The van der Waals surface area contributed by atoms with Gasteiger partial charge >= 0.3 is 0 Å². The Morgan fingerprint density at radius 1 is 0.523 bits per heavy atom. The first-order chi connectivity index (χ1) is 21.7. The molecule has 7 aromatic rings. The molecule has 0 radical (unpaired) electrons. The van der Waals surface area contributed by atoms with Gasteiger partial charge in [0.25, 0.3) is 0 Å². The number of hydrogen-bond acceptors (Lipinski definition) is 1. The Labute approximate surface area is 258 Å². The molecule has 0 spiro atoms. The molecule has 6 aromatic carbocycles. The van der Waals surface area contributed by atoms with Crippen molar-refractivity contribution in [1.82, 2.24) is 4.57 Å². The van der Waals surface area contributed by atoms with E-state index in [9.17, 15) is 0 Å². The number of benzene rings is 6. The van der Waals surface area contributed by atoms with Crippen molar-refractivity contribution in [3.05, 3.63) is 187 Å². The lowest BCUT2D eigenvalue weighted by atomic mass is 9.99. The number of aromatic nitrogens is 1. The topological polar surface area (TPSA) is 17.3 Å². The predicted octanol–water partition coefficient (Wildman–Crippen LogP) is 11.0. The van der Waals surface area contributed by atoms with Crippen LogP contribution in [0.25, 0.3) is 49.9 Å². The maximum Gasteiger partial charge on any atom is 0.0711 e. The summed E-state index contributed by atoms with van der Waals surface area (Å²) < 4.78 is 2.35. The van der Waals surface area contributed by atoms with E-state index in [4.69, 9.17) is 4.99 Å². The number of nitrogens with zero attached hydrogens (tertiary/aromatic N) is 2. The van der Waals surface area contributed by atoms with Gasteiger partial charge in [-0.2, -0.15) is 0 Å². The third-order valence-electron chi connectivity index (χ3n) is 8.15. The van der Waals surface area contributed by atoms with Crippen LogP contribution in [0.2, 0.25) is 0 Å². The third-order valence-corrected chi connectivity index (χ3v) is 8.15. The molecule has 7 rings (SSSR count). The molecule has 1 heterocycles. The highest BCUT2D eigenvalue weighted by atomic mass is 15.0. The fourth-order valence-corrected chi connectivity index (χ4v) is 5.84. The van der Waals surface area contributed by atoms with Gasteiger partial charge in [0.2, 0.25) is 0 Å². The van der Waals surface area contributed by atoms with Crippen molar-refractivity contribution in [3.8, 4) is 16.8 Å². The zero-order valence-electron chi connectivity index (χ0n) is 24.7. The molecule has 0 fully saturated rings. The second-order valence-corrected chi connectivity index (χ2v) is 11.0. The normalized spacial score (nSPS) is 12.1. The maximum atomic E-state index is 5.03. The van der Waals surface area contributed by atoms with E-state index in [0.717, 1.165) is 39.4 Å². The Kier molecular flexibility index (Phi) is 7.32. The van der Waals surface area contributed by atoms with E-state index < -0.39 is 0 Å². The van der Waals surface area contributed by atoms with Crippen molar-refractivity contribution in [2.75, 3.05) is 0 Å². The Morgan fingerprint density at radius 3 is 1.57 bits per heavy atom. The molecule has 0 bridgehead atoms. The lowest BCUT2D eigenvalue weighted by molar-refractivity contribution is 1.18. The van der Waals surface area contributed by atoms with Gasteiger partial charge < -0.3 is 4.57 Å². The van der Waals surface area contributed by atoms with Gasteiger partial charge in [0.1, 0.15) is 0 Å².